The van der Waals surface area contributed by atoms with Gasteiger partial charge in [-0.2, -0.15) is 0 Å². The smallest absolute Gasteiger partial charge is 0.241 e. The Hall–Kier alpha value is -2.39. The van der Waals surface area contributed by atoms with E-state index in [0.717, 1.165) is 22.4 Å². The van der Waals surface area contributed by atoms with Crippen molar-refractivity contribution < 1.29 is 21.6 Å². The monoisotopic (exact) mass is 424 g/mol. The molecule has 0 unspecified atom stereocenters. The lowest BCUT2D eigenvalue weighted by Crippen LogP contribution is -2.41. The quantitative estimate of drug-likeness (QED) is 0.733. The lowest BCUT2D eigenvalue weighted by Gasteiger charge is -2.24. The molecule has 0 saturated heterocycles. The Labute approximate surface area is 166 Å². The van der Waals surface area contributed by atoms with E-state index < -0.39 is 31.8 Å². The van der Waals surface area contributed by atoms with E-state index in [1.54, 1.807) is 50.2 Å². The number of carbonyl (C=O) groups excluding carboxylic acids is 1. The lowest BCUT2D eigenvalue weighted by atomic mass is 10.1. The predicted octanol–water partition coefficient (Wildman–Crippen LogP) is 2.04. The number of sulfonamides is 1. The van der Waals surface area contributed by atoms with E-state index in [1.807, 2.05) is 0 Å². The summed E-state index contributed by atoms with van der Waals surface area (Å²) in [5.41, 5.74) is 1.90. The van der Waals surface area contributed by atoms with E-state index >= 15 is 0 Å². The number of anilines is 1. The van der Waals surface area contributed by atoms with Gasteiger partial charge in [0.2, 0.25) is 15.9 Å². The van der Waals surface area contributed by atoms with Gasteiger partial charge in [-0.15, -0.1) is 0 Å². The van der Waals surface area contributed by atoms with E-state index in [4.69, 9.17) is 0 Å². The number of rotatable bonds is 7. The summed E-state index contributed by atoms with van der Waals surface area (Å²) in [5, 5.41) is 2.75. The van der Waals surface area contributed by atoms with Crippen LogP contribution in [0.25, 0.3) is 0 Å². The highest BCUT2D eigenvalue weighted by Crippen LogP contribution is 2.22. The van der Waals surface area contributed by atoms with Gasteiger partial charge in [0.25, 0.3) is 0 Å². The first kappa shape index (κ1) is 21.9. The van der Waals surface area contributed by atoms with Crippen LogP contribution in [0, 0.1) is 6.92 Å². The first-order valence-electron chi connectivity index (χ1n) is 8.52. The minimum Gasteiger partial charge on any atom is -0.348 e. The Balaban J connectivity index is 2.15. The van der Waals surface area contributed by atoms with Crippen LogP contribution >= 0.6 is 0 Å². The van der Waals surface area contributed by atoms with Crippen molar-refractivity contribution in [1.82, 2.24) is 5.32 Å². The van der Waals surface area contributed by atoms with Crippen molar-refractivity contribution in [3.63, 3.8) is 0 Å². The molecular weight excluding hydrogens is 400 g/mol. The first-order chi connectivity index (χ1) is 12.9. The van der Waals surface area contributed by atoms with Crippen LogP contribution in [-0.4, -0.2) is 41.8 Å². The minimum atomic E-state index is -3.65. The molecule has 0 bridgehead atoms. The maximum Gasteiger partial charge on any atom is 0.241 e. The van der Waals surface area contributed by atoms with Crippen molar-refractivity contribution >= 4 is 31.5 Å². The van der Waals surface area contributed by atoms with Crippen LogP contribution in [0.5, 0.6) is 0 Å². The molecule has 28 heavy (non-hydrogen) atoms. The summed E-state index contributed by atoms with van der Waals surface area (Å²) < 4.78 is 48.5. The zero-order chi connectivity index (χ0) is 21.1. The first-order valence-corrected chi connectivity index (χ1v) is 12.3. The zero-order valence-electron chi connectivity index (χ0n) is 16.2. The fourth-order valence-electron chi connectivity index (χ4n) is 2.73. The molecule has 0 radical (unpaired) electrons. The van der Waals surface area contributed by atoms with Crippen LogP contribution in [-0.2, 0) is 24.7 Å². The molecule has 0 saturated carbocycles. The molecule has 1 amide bonds. The number of amides is 1. The third kappa shape index (κ3) is 5.56. The summed E-state index contributed by atoms with van der Waals surface area (Å²) in [5.74, 6) is -0.464. The second kappa shape index (κ2) is 8.32. The van der Waals surface area contributed by atoms with Gasteiger partial charge < -0.3 is 5.32 Å². The highest BCUT2D eigenvalue weighted by Gasteiger charge is 2.23. The summed E-state index contributed by atoms with van der Waals surface area (Å²) in [4.78, 5) is 12.7. The SMILES string of the molecule is Cc1ccccc1N(CC(=O)N[C@@H](C)c1ccc(S(C)(=O)=O)cc1)S(C)(=O)=O. The number of hydrogen-bond acceptors (Lipinski definition) is 5. The molecule has 0 aliphatic carbocycles. The van der Waals surface area contributed by atoms with Crippen molar-refractivity contribution in [3.8, 4) is 0 Å². The van der Waals surface area contributed by atoms with Crippen molar-refractivity contribution in [3.05, 3.63) is 59.7 Å². The van der Waals surface area contributed by atoms with Crippen LogP contribution < -0.4 is 9.62 Å². The Morgan fingerprint density at radius 1 is 1.00 bits per heavy atom. The Morgan fingerprint density at radius 2 is 1.57 bits per heavy atom. The summed E-state index contributed by atoms with van der Waals surface area (Å²) in [7, 11) is -6.95. The van der Waals surface area contributed by atoms with Gasteiger partial charge in [-0.1, -0.05) is 30.3 Å². The van der Waals surface area contributed by atoms with E-state index in [9.17, 15) is 21.6 Å². The largest absolute Gasteiger partial charge is 0.348 e. The van der Waals surface area contributed by atoms with E-state index in [1.165, 1.54) is 12.1 Å². The number of para-hydroxylation sites is 1. The summed E-state index contributed by atoms with van der Waals surface area (Å²) >= 11 is 0. The van der Waals surface area contributed by atoms with Crippen molar-refractivity contribution in [1.29, 1.82) is 0 Å². The minimum absolute atomic E-state index is 0.192. The van der Waals surface area contributed by atoms with Gasteiger partial charge in [0.15, 0.2) is 9.84 Å². The molecule has 2 aromatic rings. The predicted molar refractivity (Wildman–Crippen MR) is 109 cm³/mol. The van der Waals surface area contributed by atoms with E-state index in [-0.39, 0.29) is 11.4 Å². The Morgan fingerprint density at radius 3 is 2.07 bits per heavy atom. The normalized spacial score (nSPS) is 13.0. The van der Waals surface area contributed by atoms with Crippen LogP contribution in [0.4, 0.5) is 5.69 Å². The molecule has 0 heterocycles. The molecule has 7 nitrogen and oxygen atoms in total. The molecule has 0 fully saturated rings. The molecule has 0 aliphatic heterocycles. The highest BCUT2D eigenvalue weighted by molar-refractivity contribution is 7.92. The average molecular weight is 425 g/mol. The lowest BCUT2D eigenvalue weighted by molar-refractivity contribution is -0.120. The molecule has 9 heteroatoms. The van der Waals surface area contributed by atoms with Gasteiger partial charge in [0, 0.05) is 6.26 Å². The van der Waals surface area contributed by atoms with Crippen LogP contribution in [0.2, 0.25) is 0 Å². The van der Waals surface area contributed by atoms with Gasteiger partial charge >= 0.3 is 0 Å². The second-order valence-electron chi connectivity index (χ2n) is 6.69. The Kier molecular flexibility index (Phi) is 6.51. The summed E-state index contributed by atoms with van der Waals surface area (Å²) in [6.45, 7) is 3.17. The fourth-order valence-corrected chi connectivity index (χ4v) is 4.27. The van der Waals surface area contributed by atoms with Crippen LogP contribution in [0.3, 0.4) is 0 Å². The van der Waals surface area contributed by atoms with Gasteiger partial charge in [0.1, 0.15) is 6.54 Å². The molecular formula is C19H24N2O5S2. The maximum atomic E-state index is 12.5. The molecule has 2 aromatic carbocycles. The molecule has 0 aliphatic rings. The van der Waals surface area contributed by atoms with Crippen molar-refractivity contribution in [2.75, 3.05) is 23.4 Å². The third-order valence-corrected chi connectivity index (χ3v) is 6.51. The van der Waals surface area contributed by atoms with Crippen LogP contribution in [0.15, 0.2) is 53.4 Å². The summed E-state index contributed by atoms with van der Waals surface area (Å²) in [6, 6.07) is 12.7. The second-order valence-corrected chi connectivity index (χ2v) is 10.6. The molecule has 2 rings (SSSR count). The maximum absolute atomic E-state index is 12.5. The van der Waals surface area contributed by atoms with Gasteiger partial charge in [-0.25, -0.2) is 16.8 Å². The van der Waals surface area contributed by atoms with Gasteiger partial charge in [-0.05, 0) is 43.2 Å². The van der Waals surface area contributed by atoms with Gasteiger partial charge in [-0.3, -0.25) is 9.10 Å². The zero-order valence-corrected chi connectivity index (χ0v) is 17.8. The van der Waals surface area contributed by atoms with Crippen molar-refractivity contribution in [2.24, 2.45) is 0 Å². The number of nitrogens with one attached hydrogen (secondary N) is 1. The number of sulfone groups is 1. The summed E-state index contributed by atoms with van der Waals surface area (Å²) in [6.07, 6.45) is 2.18. The number of aryl methyl sites for hydroxylation is 1. The van der Waals surface area contributed by atoms with Crippen LogP contribution in [0.1, 0.15) is 24.1 Å². The van der Waals surface area contributed by atoms with Crippen molar-refractivity contribution in [2.45, 2.75) is 24.8 Å². The molecule has 0 aromatic heterocycles. The van der Waals surface area contributed by atoms with E-state index in [2.05, 4.69) is 5.32 Å². The highest BCUT2D eigenvalue weighted by atomic mass is 32.2. The fraction of sp³-hybridized carbons (Fsp3) is 0.316. The van der Waals surface area contributed by atoms with Gasteiger partial charge in [0.05, 0.1) is 22.9 Å². The molecule has 1 N–H and O–H groups in total. The standard InChI is InChI=1S/C19H24N2O5S2/c1-14-7-5-6-8-18(14)21(28(4,25)26)13-19(22)20-15(2)16-9-11-17(12-10-16)27(3,23)24/h5-12,15H,13H2,1-4H3,(H,20,22)/t15-/m0/s1. The number of hydrogen-bond donors (Lipinski definition) is 1. The number of nitrogens with zero attached hydrogens (tertiary/aromatic N) is 1. The molecule has 0 spiro atoms. The average Bonchev–Trinajstić information content (AvgIpc) is 2.59. The number of benzene rings is 2. The molecule has 152 valence electrons. The topological polar surface area (TPSA) is 101 Å². The Bertz CT molecular complexity index is 1060. The number of carbonyl (C=O) groups is 1. The third-order valence-electron chi connectivity index (χ3n) is 4.26. The van der Waals surface area contributed by atoms with E-state index in [0.29, 0.717) is 11.3 Å². The molecule has 1 atom stereocenters.